The largest absolute Gasteiger partial charge is 0.494 e. The Morgan fingerprint density at radius 3 is 2.33 bits per heavy atom. The number of para-hydroxylation sites is 1. The monoisotopic (exact) mass is 492 g/mol. The van der Waals surface area contributed by atoms with Crippen molar-refractivity contribution in [2.45, 2.75) is 33.3 Å². The van der Waals surface area contributed by atoms with Crippen molar-refractivity contribution < 1.29 is 23.7 Å². The Kier molecular flexibility index (Phi) is 6.91. The molecule has 4 aromatic rings. The molecule has 0 saturated carbocycles. The van der Waals surface area contributed by atoms with Crippen molar-refractivity contribution in [2.24, 2.45) is 0 Å². The third-order valence-electron chi connectivity index (χ3n) is 4.87. The number of methoxy groups -OCH3 is 2. The van der Waals surface area contributed by atoms with Crippen molar-refractivity contribution >= 4 is 23.2 Å². The van der Waals surface area contributed by atoms with Crippen molar-refractivity contribution in [3.05, 3.63) is 42.6 Å². The third-order valence-corrected chi connectivity index (χ3v) is 4.87. The van der Waals surface area contributed by atoms with Gasteiger partial charge in [-0.05, 0) is 45.9 Å². The maximum absolute atomic E-state index is 12.4. The summed E-state index contributed by atoms with van der Waals surface area (Å²) in [5.41, 5.74) is 1.09. The van der Waals surface area contributed by atoms with Crippen LogP contribution in [-0.2, 0) is 4.74 Å². The molecule has 0 aliphatic carbocycles. The predicted octanol–water partition coefficient (Wildman–Crippen LogP) is 4.64. The van der Waals surface area contributed by atoms with Crippen LogP contribution in [0.5, 0.6) is 17.4 Å². The number of fused-ring (bicyclic) bond motifs is 1. The van der Waals surface area contributed by atoms with Gasteiger partial charge >= 0.3 is 6.09 Å². The number of ether oxygens (including phenoxy) is 4. The van der Waals surface area contributed by atoms with E-state index in [0.29, 0.717) is 52.5 Å². The lowest BCUT2D eigenvalue weighted by Crippen LogP contribution is -2.27. The number of benzene rings is 1. The van der Waals surface area contributed by atoms with Gasteiger partial charge in [-0.3, -0.25) is 9.88 Å². The van der Waals surface area contributed by atoms with Gasteiger partial charge in [0.1, 0.15) is 28.5 Å². The summed E-state index contributed by atoms with van der Waals surface area (Å²) >= 11 is 0. The van der Waals surface area contributed by atoms with Crippen LogP contribution in [-0.4, -0.2) is 57.0 Å². The lowest BCUT2D eigenvalue weighted by atomic mass is 10.2. The number of carbonyl (C=O) groups excluding carboxylic acids is 1. The average molecular weight is 493 g/mol. The van der Waals surface area contributed by atoms with Gasteiger partial charge < -0.3 is 18.9 Å². The standard InChI is InChI=1S/C25H28N6O5/c1-7-35-19-13-8-10-15(27-19)22-30-21-23(28-18(14-26-21)29-24(32)36-25(2,3)4)31(22)20-16(33-5)11-9-12-17(20)34-6/h8-14H,7H2,1-6H3,(H,28,29,32). The number of hydrogen-bond donors (Lipinski definition) is 1. The van der Waals surface area contributed by atoms with Crippen LogP contribution in [0.15, 0.2) is 42.6 Å². The molecule has 0 atom stereocenters. The number of aromatic nitrogens is 5. The molecule has 0 fully saturated rings. The molecular weight excluding hydrogens is 464 g/mol. The molecule has 188 valence electrons. The minimum absolute atomic E-state index is 0.189. The summed E-state index contributed by atoms with van der Waals surface area (Å²) in [7, 11) is 3.12. The first-order valence-corrected chi connectivity index (χ1v) is 11.3. The highest BCUT2D eigenvalue weighted by Crippen LogP contribution is 2.38. The Labute approximate surface area is 208 Å². The van der Waals surface area contributed by atoms with E-state index in [9.17, 15) is 4.79 Å². The molecule has 1 N–H and O–H groups in total. The molecule has 0 aliphatic heterocycles. The van der Waals surface area contributed by atoms with E-state index < -0.39 is 11.7 Å². The smallest absolute Gasteiger partial charge is 0.413 e. The second-order valence-corrected chi connectivity index (χ2v) is 8.61. The van der Waals surface area contributed by atoms with E-state index in [1.165, 1.54) is 6.20 Å². The maximum Gasteiger partial charge on any atom is 0.413 e. The summed E-state index contributed by atoms with van der Waals surface area (Å²) in [6.07, 6.45) is 0.764. The number of imidazole rings is 1. The van der Waals surface area contributed by atoms with Gasteiger partial charge in [-0.1, -0.05) is 12.1 Å². The first kappa shape index (κ1) is 24.7. The van der Waals surface area contributed by atoms with Crippen molar-refractivity contribution in [1.82, 2.24) is 24.5 Å². The number of pyridine rings is 1. The molecule has 0 spiro atoms. The summed E-state index contributed by atoms with van der Waals surface area (Å²) in [4.78, 5) is 30.7. The summed E-state index contributed by atoms with van der Waals surface area (Å²) < 4.78 is 24.0. The zero-order chi connectivity index (χ0) is 25.9. The molecule has 0 radical (unpaired) electrons. The minimum atomic E-state index is -0.668. The Bertz CT molecular complexity index is 1370. The minimum Gasteiger partial charge on any atom is -0.494 e. The van der Waals surface area contributed by atoms with E-state index in [2.05, 4.69) is 20.3 Å². The van der Waals surface area contributed by atoms with Crippen LogP contribution in [0.2, 0.25) is 0 Å². The van der Waals surface area contributed by atoms with Crippen LogP contribution in [0.4, 0.5) is 10.6 Å². The fraction of sp³-hybridized carbons (Fsp3) is 0.320. The van der Waals surface area contributed by atoms with Crippen LogP contribution in [0, 0.1) is 0 Å². The molecule has 1 aromatic carbocycles. The zero-order valence-electron chi connectivity index (χ0n) is 21.0. The van der Waals surface area contributed by atoms with E-state index >= 15 is 0 Å². The highest BCUT2D eigenvalue weighted by molar-refractivity contribution is 5.86. The molecular formula is C25H28N6O5. The van der Waals surface area contributed by atoms with Crippen LogP contribution >= 0.6 is 0 Å². The summed E-state index contributed by atoms with van der Waals surface area (Å²) in [6.45, 7) is 7.69. The lowest BCUT2D eigenvalue weighted by Gasteiger charge is -2.19. The molecule has 0 bridgehead atoms. The second kappa shape index (κ2) is 10.1. The average Bonchev–Trinajstić information content (AvgIpc) is 3.21. The number of amides is 1. The third kappa shape index (κ3) is 5.14. The van der Waals surface area contributed by atoms with E-state index in [1.807, 2.05) is 25.1 Å². The number of anilines is 1. The van der Waals surface area contributed by atoms with E-state index in [0.717, 1.165) is 0 Å². The van der Waals surface area contributed by atoms with E-state index in [1.54, 1.807) is 57.8 Å². The Balaban J connectivity index is 1.95. The van der Waals surface area contributed by atoms with Gasteiger partial charge in [0.2, 0.25) is 5.88 Å². The number of rotatable bonds is 7. The van der Waals surface area contributed by atoms with Crippen molar-refractivity contribution in [3.63, 3.8) is 0 Å². The van der Waals surface area contributed by atoms with Crippen molar-refractivity contribution in [3.8, 4) is 34.6 Å². The van der Waals surface area contributed by atoms with Gasteiger partial charge in [-0.2, -0.15) is 0 Å². The Morgan fingerprint density at radius 2 is 1.69 bits per heavy atom. The van der Waals surface area contributed by atoms with Crippen LogP contribution in [0.25, 0.3) is 28.5 Å². The summed E-state index contributed by atoms with van der Waals surface area (Å²) in [6, 6.07) is 10.8. The molecule has 0 unspecified atom stereocenters. The number of nitrogens with one attached hydrogen (secondary N) is 1. The molecule has 0 aliphatic rings. The Morgan fingerprint density at radius 1 is 1.00 bits per heavy atom. The first-order chi connectivity index (χ1) is 17.2. The fourth-order valence-corrected chi connectivity index (χ4v) is 3.52. The van der Waals surface area contributed by atoms with Crippen molar-refractivity contribution in [2.75, 3.05) is 26.1 Å². The van der Waals surface area contributed by atoms with Gasteiger partial charge in [0.25, 0.3) is 0 Å². The number of nitrogens with zero attached hydrogens (tertiary/aromatic N) is 5. The zero-order valence-corrected chi connectivity index (χ0v) is 21.0. The normalized spacial score (nSPS) is 11.3. The van der Waals surface area contributed by atoms with E-state index in [4.69, 9.17) is 23.9 Å². The number of hydrogen-bond acceptors (Lipinski definition) is 9. The molecule has 4 rings (SSSR count). The highest BCUT2D eigenvalue weighted by Gasteiger charge is 2.24. The molecule has 36 heavy (non-hydrogen) atoms. The van der Waals surface area contributed by atoms with Gasteiger partial charge in [0, 0.05) is 6.07 Å². The van der Waals surface area contributed by atoms with Crippen LogP contribution in [0.3, 0.4) is 0 Å². The van der Waals surface area contributed by atoms with Crippen molar-refractivity contribution in [1.29, 1.82) is 0 Å². The highest BCUT2D eigenvalue weighted by atomic mass is 16.6. The van der Waals surface area contributed by atoms with Crippen LogP contribution in [0.1, 0.15) is 27.7 Å². The lowest BCUT2D eigenvalue weighted by molar-refractivity contribution is 0.0635. The maximum atomic E-state index is 12.4. The fourth-order valence-electron chi connectivity index (χ4n) is 3.52. The molecule has 3 heterocycles. The summed E-state index contributed by atoms with van der Waals surface area (Å²) in [5, 5.41) is 2.63. The van der Waals surface area contributed by atoms with Gasteiger partial charge in [-0.15, -0.1) is 0 Å². The van der Waals surface area contributed by atoms with Gasteiger partial charge in [-0.25, -0.2) is 24.7 Å². The molecule has 0 saturated heterocycles. The topological polar surface area (TPSA) is 123 Å². The summed E-state index contributed by atoms with van der Waals surface area (Å²) in [5.74, 6) is 2.11. The molecule has 11 nitrogen and oxygen atoms in total. The second-order valence-electron chi connectivity index (χ2n) is 8.61. The number of carbonyl (C=O) groups is 1. The first-order valence-electron chi connectivity index (χ1n) is 11.3. The quantitative estimate of drug-likeness (QED) is 0.393. The van der Waals surface area contributed by atoms with Crippen LogP contribution < -0.4 is 19.5 Å². The predicted molar refractivity (Wildman–Crippen MR) is 134 cm³/mol. The van der Waals surface area contributed by atoms with E-state index in [-0.39, 0.29) is 5.82 Å². The molecule has 11 heteroatoms. The SMILES string of the molecule is CCOc1cccc(-c2nc3ncc(NC(=O)OC(C)(C)C)nc3n2-c2c(OC)cccc2OC)n1. The van der Waals surface area contributed by atoms with Gasteiger partial charge in [0.15, 0.2) is 22.9 Å². The van der Waals surface area contributed by atoms with Gasteiger partial charge in [0.05, 0.1) is 27.0 Å². The molecule has 1 amide bonds. The molecule has 3 aromatic heterocycles. The Hall–Kier alpha value is -4.41.